The number of amides is 2. The molecule has 0 aliphatic carbocycles. The smallest absolute Gasteiger partial charge is 0.330 e. The second-order valence-electron chi connectivity index (χ2n) is 6.58. The molecule has 1 aliphatic rings. The van der Waals surface area contributed by atoms with Gasteiger partial charge < -0.3 is 15.0 Å². The number of piperidine rings is 1. The highest BCUT2D eigenvalue weighted by Crippen LogP contribution is 2.23. The third-order valence-corrected chi connectivity index (χ3v) is 4.84. The van der Waals surface area contributed by atoms with Gasteiger partial charge in [-0.05, 0) is 38.3 Å². The van der Waals surface area contributed by atoms with E-state index in [1.54, 1.807) is 27.3 Å². The van der Waals surface area contributed by atoms with Crippen molar-refractivity contribution in [1.29, 1.82) is 0 Å². The second kappa shape index (κ2) is 8.35. The minimum atomic E-state index is -0.0809. The molecule has 1 N–H and O–H groups in total. The molecule has 1 saturated heterocycles. The van der Waals surface area contributed by atoms with Crippen LogP contribution in [0, 0.1) is 0 Å². The number of hydrogen-bond acceptors (Lipinski definition) is 4. The Morgan fingerprint density at radius 3 is 3.12 bits per heavy atom. The van der Waals surface area contributed by atoms with E-state index in [-0.39, 0.29) is 17.8 Å². The van der Waals surface area contributed by atoms with Crippen LogP contribution in [0.5, 0.6) is 0 Å². The third-order valence-electron chi connectivity index (χ3n) is 4.84. The maximum absolute atomic E-state index is 12.7. The van der Waals surface area contributed by atoms with Gasteiger partial charge in [-0.25, -0.2) is 14.6 Å². The standard InChI is InChI=1S/C18H27N5O3/c1-3-26-12-6-10-20-17(24)22-11-5-7-14(13-22)23-16-15(8-4-9-19-16)21(2)18(23)25/h4,8-9,14H,3,5-7,10-13H2,1-2H3,(H,20,24)/t14-/m0/s1. The van der Waals surface area contributed by atoms with Crippen molar-refractivity contribution in [2.24, 2.45) is 7.05 Å². The van der Waals surface area contributed by atoms with Crippen LogP contribution in [0.3, 0.4) is 0 Å². The van der Waals surface area contributed by atoms with Gasteiger partial charge in [-0.2, -0.15) is 0 Å². The average molecular weight is 361 g/mol. The van der Waals surface area contributed by atoms with E-state index >= 15 is 0 Å². The lowest BCUT2D eigenvalue weighted by Gasteiger charge is -2.33. The van der Waals surface area contributed by atoms with Gasteiger partial charge in [0.15, 0.2) is 5.65 Å². The number of hydrogen-bond donors (Lipinski definition) is 1. The van der Waals surface area contributed by atoms with E-state index in [2.05, 4.69) is 10.3 Å². The number of urea groups is 1. The summed E-state index contributed by atoms with van der Waals surface area (Å²) in [4.78, 5) is 31.3. The van der Waals surface area contributed by atoms with Crippen LogP contribution in [-0.4, -0.2) is 57.9 Å². The summed E-state index contributed by atoms with van der Waals surface area (Å²) in [6.45, 7) is 5.12. The zero-order valence-corrected chi connectivity index (χ0v) is 15.5. The first kappa shape index (κ1) is 18.4. The molecule has 0 unspecified atom stereocenters. The number of rotatable bonds is 6. The molecule has 0 radical (unpaired) electrons. The quantitative estimate of drug-likeness (QED) is 0.791. The maximum Gasteiger partial charge on any atom is 0.330 e. The monoisotopic (exact) mass is 361 g/mol. The summed E-state index contributed by atoms with van der Waals surface area (Å²) in [6.07, 6.45) is 4.23. The average Bonchev–Trinajstić information content (AvgIpc) is 2.92. The number of ether oxygens (including phenoxy) is 1. The molecule has 1 aliphatic heterocycles. The number of aromatic nitrogens is 3. The van der Waals surface area contributed by atoms with Crippen molar-refractivity contribution in [2.75, 3.05) is 32.8 Å². The number of nitrogens with one attached hydrogen (secondary N) is 1. The molecule has 0 spiro atoms. The Hall–Kier alpha value is -2.35. The molecule has 8 heteroatoms. The number of carbonyl (C=O) groups is 1. The molecule has 0 aromatic carbocycles. The SMILES string of the molecule is CCOCCCNC(=O)N1CCC[C@H](n2c(=O)n(C)c3cccnc32)C1. The maximum atomic E-state index is 12.7. The third kappa shape index (κ3) is 3.75. The van der Waals surface area contributed by atoms with Gasteiger partial charge in [-0.3, -0.25) is 9.13 Å². The summed E-state index contributed by atoms with van der Waals surface area (Å²) < 4.78 is 8.64. The van der Waals surface area contributed by atoms with Gasteiger partial charge in [0.2, 0.25) is 0 Å². The highest BCUT2D eigenvalue weighted by atomic mass is 16.5. The topological polar surface area (TPSA) is 81.4 Å². The van der Waals surface area contributed by atoms with Crippen LogP contribution in [0.15, 0.2) is 23.1 Å². The highest BCUT2D eigenvalue weighted by molar-refractivity contribution is 5.74. The lowest BCUT2D eigenvalue weighted by atomic mass is 10.1. The van der Waals surface area contributed by atoms with Gasteiger partial charge >= 0.3 is 11.7 Å². The predicted molar refractivity (Wildman–Crippen MR) is 99.3 cm³/mol. The number of nitrogens with zero attached hydrogens (tertiary/aromatic N) is 4. The molecule has 8 nitrogen and oxygen atoms in total. The van der Waals surface area contributed by atoms with Gasteiger partial charge in [0.25, 0.3) is 0 Å². The van der Waals surface area contributed by atoms with Crippen molar-refractivity contribution in [2.45, 2.75) is 32.2 Å². The molecule has 2 aromatic rings. The van der Waals surface area contributed by atoms with Crippen LogP contribution < -0.4 is 11.0 Å². The van der Waals surface area contributed by atoms with Crippen molar-refractivity contribution >= 4 is 17.2 Å². The van der Waals surface area contributed by atoms with Crippen molar-refractivity contribution < 1.29 is 9.53 Å². The minimum absolute atomic E-state index is 0.0518. The molecule has 0 saturated carbocycles. The number of carbonyl (C=O) groups excluding carboxylic acids is 1. The number of pyridine rings is 1. The first-order valence-corrected chi connectivity index (χ1v) is 9.26. The zero-order valence-electron chi connectivity index (χ0n) is 15.5. The largest absolute Gasteiger partial charge is 0.382 e. The van der Waals surface area contributed by atoms with E-state index in [0.29, 0.717) is 38.5 Å². The minimum Gasteiger partial charge on any atom is -0.382 e. The van der Waals surface area contributed by atoms with Gasteiger partial charge in [0.1, 0.15) is 0 Å². The summed E-state index contributed by atoms with van der Waals surface area (Å²) in [5, 5.41) is 2.94. The normalized spacial score (nSPS) is 17.6. The fourth-order valence-corrected chi connectivity index (χ4v) is 3.50. The van der Waals surface area contributed by atoms with Crippen LogP contribution in [-0.2, 0) is 11.8 Å². The number of aryl methyl sites for hydroxylation is 1. The summed E-state index contributed by atoms with van der Waals surface area (Å²) >= 11 is 0. The van der Waals surface area contributed by atoms with E-state index in [1.165, 1.54) is 0 Å². The zero-order chi connectivity index (χ0) is 18.5. The van der Waals surface area contributed by atoms with Crippen molar-refractivity contribution in [3.8, 4) is 0 Å². The molecule has 0 bridgehead atoms. The summed E-state index contributed by atoms with van der Waals surface area (Å²) in [7, 11) is 1.76. The Balaban J connectivity index is 1.68. The van der Waals surface area contributed by atoms with E-state index in [4.69, 9.17) is 4.74 Å². The first-order chi connectivity index (χ1) is 12.6. The van der Waals surface area contributed by atoms with Gasteiger partial charge in [0.05, 0.1) is 11.6 Å². The van der Waals surface area contributed by atoms with Gasteiger partial charge in [0, 0.05) is 46.1 Å². The van der Waals surface area contributed by atoms with Gasteiger partial charge in [-0.1, -0.05) is 0 Å². The van der Waals surface area contributed by atoms with Crippen molar-refractivity contribution in [1.82, 2.24) is 24.3 Å². The van der Waals surface area contributed by atoms with Crippen LogP contribution in [0.4, 0.5) is 4.79 Å². The van der Waals surface area contributed by atoms with E-state index in [0.717, 1.165) is 24.8 Å². The molecular formula is C18H27N5O3. The van der Waals surface area contributed by atoms with Crippen LogP contribution in [0.25, 0.3) is 11.2 Å². The Labute approximate surface area is 152 Å². The van der Waals surface area contributed by atoms with Gasteiger partial charge in [-0.15, -0.1) is 0 Å². The number of imidazole rings is 1. The lowest BCUT2D eigenvalue weighted by molar-refractivity contribution is 0.142. The fourth-order valence-electron chi connectivity index (χ4n) is 3.50. The first-order valence-electron chi connectivity index (χ1n) is 9.26. The Bertz CT molecular complexity index is 813. The van der Waals surface area contributed by atoms with Crippen molar-refractivity contribution in [3.63, 3.8) is 0 Å². The van der Waals surface area contributed by atoms with Crippen LogP contribution in [0.2, 0.25) is 0 Å². The molecule has 3 heterocycles. The summed E-state index contributed by atoms with van der Waals surface area (Å²) in [6, 6.07) is 3.59. The summed E-state index contributed by atoms with van der Waals surface area (Å²) in [5.41, 5.74) is 1.42. The molecule has 2 amide bonds. The van der Waals surface area contributed by atoms with Crippen LogP contribution >= 0.6 is 0 Å². The van der Waals surface area contributed by atoms with E-state index in [9.17, 15) is 9.59 Å². The Kier molecular flexibility index (Phi) is 5.92. The molecule has 142 valence electrons. The number of fused-ring (bicyclic) bond motifs is 1. The number of likely N-dealkylation sites (tertiary alicyclic amines) is 1. The second-order valence-corrected chi connectivity index (χ2v) is 6.58. The molecule has 1 atom stereocenters. The van der Waals surface area contributed by atoms with Crippen molar-refractivity contribution in [3.05, 3.63) is 28.8 Å². The van der Waals surface area contributed by atoms with Crippen LogP contribution in [0.1, 0.15) is 32.2 Å². The molecule has 2 aromatic heterocycles. The van der Waals surface area contributed by atoms with E-state index < -0.39 is 0 Å². The molecular weight excluding hydrogens is 334 g/mol. The highest BCUT2D eigenvalue weighted by Gasteiger charge is 2.28. The lowest BCUT2D eigenvalue weighted by Crippen LogP contribution is -2.47. The predicted octanol–water partition coefficient (Wildman–Crippen LogP) is 1.51. The molecule has 1 fully saturated rings. The molecule has 3 rings (SSSR count). The summed E-state index contributed by atoms with van der Waals surface area (Å²) in [5.74, 6) is 0. The Morgan fingerprint density at radius 2 is 2.31 bits per heavy atom. The fraction of sp³-hybridized carbons (Fsp3) is 0.611. The molecule has 26 heavy (non-hydrogen) atoms. The van der Waals surface area contributed by atoms with E-state index in [1.807, 2.05) is 19.1 Å². The Morgan fingerprint density at radius 1 is 1.46 bits per heavy atom.